The molecule has 130 valence electrons. The molecule has 1 amide bonds. The van der Waals surface area contributed by atoms with Gasteiger partial charge in [0.15, 0.2) is 17.1 Å². The molecule has 0 aliphatic heterocycles. The Kier molecular flexibility index (Phi) is 4.56. The summed E-state index contributed by atoms with van der Waals surface area (Å²) in [6, 6.07) is 8.83. The zero-order chi connectivity index (χ0) is 18.0. The maximum absolute atomic E-state index is 12.7. The van der Waals surface area contributed by atoms with Crippen LogP contribution in [0.15, 0.2) is 36.5 Å². The molecule has 1 atom stereocenters. The van der Waals surface area contributed by atoms with Crippen LogP contribution < -0.4 is 14.8 Å². The second kappa shape index (κ2) is 6.80. The number of ether oxygens (including phenoxy) is 2. The lowest BCUT2D eigenvalue weighted by atomic mass is 10.1. The zero-order valence-electron chi connectivity index (χ0n) is 14.6. The Morgan fingerprint density at radius 2 is 1.92 bits per heavy atom. The van der Waals surface area contributed by atoms with Crippen molar-refractivity contribution in [2.24, 2.45) is 0 Å². The Morgan fingerprint density at radius 1 is 1.16 bits per heavy atom. The number of rotatable bonds is 5. The number of amides is 1. The summed E-state index contributed by atoms with van der Waals surface area (Å²) in [4.78, 5) is 16.9. The molecule has 1 N–H and O–H groups in total. The molecule has 3 aromatic rings. The van der Waals surface area contributed by atoms with E-state index in [1.807, 2.05) is 38.1 Å². The van der Waals surface area contributed by atoms with Crippen molar-refractivity contribution in [1.82, 2.24) is 19.9 Å². The van der Waals surface area contributed by atoms with E-state index >= 15 is 0 Å². The standard InChI is InChI=1S/C18H20N4O3/c1-11-9-17-19-8-7-14(22(17)21-11)18(23)20-12(2)13-5-6-15(24-3)16(10-13)25-4/h5-10,12H,1-4H3,(H,20,23). The minimum atomic E-state index is -0.224. The van der Waals surface area contributed by atoms with E-state index in [2.05, 4.69) is 15.4 Å². The number of aryl methyl sites for hydroxylation is 1. The first-order valence-electron chi connectivity index (χ1n) is 7.87. The van der Waals surface area contributed by atoms with Crippen molar-refractivity contribution in [3.8, 4) is 11.5 Å². The fourth-order valence-electron chi connectivity index (χ4n) is 2.66. The van der Waals surface area contributed by atoms with Gasteiger partial charge in [-0.3, -0.25) is 4.79 Å². The monoisotopic (exact) mass is 340 g/mol. The van der Waals surface area contributed by atoms with Crippen molar-refractivity contribution in [2.45, 2.75) is 19.9 Å². The highest BCUT2D eigenvalue weighted by atomic mass is 16.5. The van der Waals surface area contributed by atoms with Crippen molar-refractivity contribution in [2.75, 3.05) is 14.2 Å². The molecule has 2 heterocycles. The normalized spacial score (nSPS) is 12.0. The van der Waals surface area contributed by atoms with Crippen LogP contribution in [0.25, 0.3) is 5.65 Å². The van der Waals surface area contributed by atoms with Crippen LogP contribution >= 0.6 is 0 Å². The van der Waals surface area contributed by atoms with Gasteiger partial charge >= 0.3 is 0 Å². The molecule has 0 fully saturated rings. The van der Waals surface area contributed by atoms with Crippen molar-refractivity contribution < 1.29 is 14.3 Å². The molecule has 0 saturated heterocycles. The first kappa shape index (κ1) is 16.8. The highest BCUT2D eigenvalue weighted by Crippen LogP contribution is 2.29. The molecule has 0 aliphatic rings. The second-order valence-corrected chi connectivity index (χ2v) is 5.70. The summed E-state index contributed by atoms with van der Waals surface area (Å²) in [6.45, 7) is 3.77. The molecule has 2 aromatic heterocycles. The van der Waals surface area contributed by atoms with E-state index in [1.54, 1.807) is 31.0 Å². The van der Waals surface area contributed by atoms with Gasteiger partial charge in [0.05, 0.1) is 26.0 Å². The average molecular weight is 340 g/mol. The van der Waals surface area contributed by atoms with Gasteiger partial charge in [-0.05, 0) is 37.6 Å². The third kappa shape index (κ3) is 3.26. The van der Waals surface area contributed by atoms with Gasteiger partial charge in [0.2, 0.25) is 0 Å². The Hall–Kier alpha value is -3.09. The fraction of sp³-hybridized carbons (Fsp3) is 0.278. The Bertz CT molecular complexity index is 920. The van der Waals surface area contributed by atoms with E-state index in [4.69, 9.17) is 9.47 Å². The molecule has 0 radical (unpaired) electrons. The van der Waals surface area contributed by atoms with Crippen LogP contribution in [-0.2, 0) is 0 Å². The van der Waals surface area contributed by atoms with Crippen molar-refractivity contribution in [3.05, 3.63) is 53.5 Å². The van der Waals surface area contributed by atoms with Crippen LogP contribution in [-0.4, -0.2) is 34.7 Å². The fourth-order valence-corrected chi connectivity index (χ4v) is 2.66. The van der Waals surface area contributed by atoms with E-state index in [-0.39, 0.29) is 11.9 Å². The van der Waals surface area contributed by atoms with E-state index < -0.39 is 0 Å². The predicted molar refractivity (Wildman–Crippen MR) is 93.2 cm³/mol. The minimum Gasteiger partial charge on any atom is -0.493 e. The molecule has 1 aromatic carbocycles. The van der Waals surface area contributed by atoms with Crippen molar-refractivity contribution in [1.29, 1.82) is 0 Å². The lowest BCUT2D eigenvalue weighted by Gasteiger charge is -2.16. The van der Waals surface area contributed by atoms with Crippen LogP contribution in [0.4, 0.5) is 0 Å². The molecule has 1 unspecified atom stereocenters. The van der Waals surface area contributed by atoms with Gasteiger partial charge in [0.25, 0.3) is 5.91 Å². The van der Waals surface area contributed by atoms with Crippen LogP contribution in [0.1, 0.15) is 34.7 Å². The second-order valence-electron chi connectivity index (χ2n) is 5.70. The predicted octanol–water partition coefficient (Wildman–Crippen LogP) is 2.55. The number of nitrogens with zero attached hydrogens (tertiary/aromatic N) is 3. The maximum Gasteiger partial charge on any atom is 0.270 e. The van der Waals surface area contributed by atoms with E-state index in [9.17, 15) is 4.79 Å². The van der Waals surface area contributed by atoms with Gasteiger partial charge in [-0.2, -0.15) is 5.10 Å². The van der Waals surface area contributed by atoms with E-state index in [0.29, 0.717) is 22.8 Å². The summed E-state index contributed by atoms with van der Waals surface area (Å²) in [5.41, 5.74) is 2.79. The average Bonchev–Trinajstić information content (AvgIpc) is 3.00. The number of methoxy groups -OCH3 is 2. The van der Waals surface area contributed by atoms with Gasteiger partial charge in [-0.15, -0.1) is 0 Å². The van der Waals surface area contributed by atoms with E-state index in [0.717, 1.165) is 11.3 Å². The minimum absolute atomic E-state index is 0.216. The third-order valence-corrected chi connectivity index (χ3v) is 3.97. The van der Waals surface area contributed by atoms with Gasteiger partial charge in [-0.25, -0.2) is 9.50 Å². The topological polar surface area (TPSA) is 77.8 Å². The number of hydrogen-bond acceptors (Lipinski definition) is 5. The van der Waals surface area contributed by atoms with Gasteiger partial charge in [0.1, 0.15) is 5.69 Å². The Labute approximate surface area is 145 Å². The molecule has 0 saturated carbocycles. The summed E-state index contributed by atoms with van der Waals surface area (Å²) in [6.07, 6.45) is 1.60. The number of fused-ring (bicyclic) bond motifs is 1. The quantitative estimate of drug-likeness (QED) is 0.772. The highest BCUT2D eigenvalue weighted by molar-refractivity contribution is 5.93. The molecule has 0 spiro atoms. The SMILES string of the molecule is COc1ccc(C(C)NC(=O)c2ccnc3cc(C)nn23)cc1OC. The Morgan fingerprint density at radius 3 is 2.64 bits per heavy atom. The van der Waals surface area contributed by atoms with Crippen LogP contribution in [0.3, 0.4) is 0 Å². The van der Waals surface area contributed by atoms with Crippen molar-refractivity contribution >= 4 is 11.6 Å². The molecular formula is C18H20N4O3. The first-order chi connectivity index (χ1) is 12.0. The molecule has 7 heteroatoms. The first-order valence-corrected chi connectivity index (χ1v) is 7.87. The van der Waals surface area contributed by atoms with Crippen molar-refractivity contribution in [3.63, 3.8) is 0 Å². The highest BCUT2D eigenvalue weighted by Gasteiger charge is 2.17. The van der Waals surface area contributed by atoms with Gasteiger partial charge in [0, 0.05) is 12.3 Å². The van der Waals surface area contributed by atoms with Crippen LogP contribution in [0.2, 0.25) is 0 Å². The lowest BCUT2D eigenvalue weighted by molar-refractivity contribution is 0.0932. The molecule has 0 bridgehead atoms. The molecule has 3 rings (SSSR count). The summed E-state index contributed by atoms with van der Waals surface area (Å²) < 4.78 is 12.1. The smallest absolute Gasteiger partial charge is 0.270 e. The van der Waals surface area contributed by atoms with E-state index in [1.165, 1.54) is 0 Å². The lowest BCUT2D eigenvalue weighted by Crippen LogP contribution is -2.28. The number of carbonyl (C=O) groups excluding carboxylic acids is 1. The summed E-state index contributed by atoms with van der Waals surface area (Å²) >= 11 is 0. The molecule has 0 aliphatic carbocycles. The molecule has 25 heavy (non-hydrogen) atoms. The summed E-state index contributed by atoms with van der Waals surface area (Å²) in [7, 11) is 3.17. The third-order valence-electron chi connectivity index (χ3n) is 3.97. The zero-order valence-corrected chi connectivity index (χ0v) is 14.6. The number of aromatic nitrogens is 3. The molecular weight excluding hydrogens is 320 g/mol. The number of nitrogens with one attached hydrogen (secondary N) is 1. The summed E-state index contributed by atoms with van der Waals surface area (Å²) in [5, 5.41) is 7.30. The maximum atomic E-state index is 12.7. The number of carbonyl (C=O) groups is 1. The van der Waals surface area contributed by atoms with Gasteiger partial charge < -0.3 is 14.8 Å². The molecule has 7 nitrogen and oxygen atoms in total. The largest absolute Gasteiger partial charge is 0.493 e. The van der Waals surface area contributed by atoms with Gasteiger partial charge in [-0.1, -0.05) is 6.07 Å². The number of hydrogen-bond donors (Lipinski definition) is 1. The Balaban J connectivity index is 1.85. The summed E-state index contributed by atoms with van der Waals surface area (Å²) in [5.74, 6) is 1.04. The van der Waals surface area contributed by atoms with Crippen LogP contribution in [0.5, 0.6) is 11.5 Å². The van der Waals surface area contributed by atoms with Crippen LogP contribution in [0, 0.1) is 6.92 Å². The number of benzene rings is 1.